The van der Waals surface area contributed by atoms with E-state index in [4.69, 9.17) is 0 Å². The van der Waals surface area contributed by atoms with Gasteiger partial charge in [0.15, 0.2) is 0 Å². The van der Waals surface area contributed by atoms with Gasteiger partial charge in [-0.1, -0.05) is 42.5 Å². The summed E-state index contributed by atoms with van der Waals surface area (Å²) in [6.45, 7) is 4.20. The summed E-state index contributed by atoms with van der Waals surface area (Å²) in [5.74, 6) is 0.204. The van der Waals surface area contributed by atoms with Gasteiger partial charge in [0.05, 0.1) is 12.5 Å². The van der Waals surface area contributed by atoms with Crippen molar-refractivity contribution in [3.8, 4) is 0 Å². The van der Waals surface area contributed by atoms with Gasteiger partial charge in [0, 0.05) is 7.05 Å². The third-order valence-corrected chi connectivity index (χ3v) is 5.13. The zero-order valence-corrected chi connectivity index (χ0v) is 14.3. The summed E-state index contributed by atoms with van der Waals surface area (Å²) in [7, 11) is 1.95. The topological polar surface area (TPSA) is 20.3 Å². The van der Waals surface area contributed by atoms with Crippen molar-refractivity contribution in [3.63, 3.8) is 0 Å². The molecule has 0 saturated heterocycles. The van der Waals surface area contributed by atoms with Gasteiger partial charge in [-0.3, -0.25) is 4.79 Å². The van der Waals surface area contributed by atoms with Gasteiger partial charge in [-0.2, -0.15) is 0 Å². The molecule has 3 rings (SSSR count). The van der Waals surface area contributed by atoms with Crippen molar-refractivity contribution in [2.75, 3.05) is 7.05 Å². The normalized spacial score (nSPS) is 16.7. The number of fused-ring (bicyclic) bond motifs is 1. The van der Waals surface area contributed by atoms with E-state index in [-0.39, 0.29) is 11.9 Å². The number of likely N-dealkylation sites (N-methyl/N-ethyl adjacent to an activating group) is 1. The summed E-state index contributed by atoms with van der Waals surface area (Å²) in [5.41, 5.74) is 6.36. The zero-order valence-electron chi connectivity index (χ0n) is 14.3. The second-order valence-electron chi connectivity index (χ2n) is 6.71. The molecule has 0 spiro atoms. The van der Waals surface area contributed by atoms with E-state index in [1.807, 2.05) is 11.9 Å². The summed E-state index contributed by atoms with van der Waals surface area (Å²) in [6, 6.07) is 15.1. The quantitative estimate of drug-likeness (QED) is 0.824. The lowest BCUT2D eigenvalue weighted by Gasteiger charge is -2.33. The number of benzene rings is 2. The average Bonchev–Trinajstić information content (AvgIpc) is 2.57. The molecule has 1 atom stereocenters. The van der Waals surface area contributed by atoms with Crippen LogP contribution in [0, 0.1) is 13.8 Å². The Morgan fingerprint density at radius 1 is 1.13 bits per heavy atom. The second-order valence-corrected chi connectivity index (χ2v) is 6.71. The van der Waals surface area contributed by atoms with E-state index in [2.05, 4.69) is 56.3 Å². The van der Waals surface area contributed by atoms with Gasteiger partial charge in [0.1, 0.15) is 0 Å². The molecule has 23 heavy (non-hydrogen) atoms. The van der Waals surface area contributed by atoms with Gasteiger partial charge < -0.3 is 4.90 Å². The van der Waals surface area contributed by atoms with Crippen molar-refractivity contribution in [2.45, 2.75) is 45.6 Å². The van der Waals surface area contributed by atoms with Gasteiger partial charge in [-0.05, 0) is 60.9 Å². The van der Waals surface area contributed by atoms with Crippen molar-refractivity contribution in [1.29, 1.82) is 0 Å². The number of carbonyl (C=O) groups is 1. The molecule has 1 aliphatic carbocycles. The van der Waals surface area contributed by atoms with Gasteiger partial charge in [-0.15, -0.1) is 0 Å². The van der Waals surface area contributed by atoms with Crippen LogP contribution >= 0.6 is 0 Å². The highest BCUT2D eigenvalue weighted by atomic mass is 16.2. The maximum absolute atomic E-state index is 12.7. The Bertz CT molecular complexity index is 720. The van der Waals surface area contributed by atoms with Crippen LogP contribution in [0.25, 0.3) is 0 Å². The van der Waals surface area contributed by atoms with Gasteiger partial charge in [0.25, 0.3) is 0 Å². The van der Waals surface area contributed by atoms with Crippen molar-refractivity contribution >= 4 is 5.91 Å². The molecule has 1 amide bonds. The standard InChI is InChI=1S/C21H25NO/c1-15-11-12-17(13-16(15)2)14-21(23)22(3)20-10-6-8-18-7-4-5-9-19(18)20/h4-5,7,9,11-13,20H,6,8,10,14H2,1-3H3/t20-/m0/s1. The Morgan fingerprint density at radius 3 is 2.70 bits per heavy atom. The van der Waals surface area contributed by atoms with Crippen LogP contribution in [0.5, 0.6) is 0 Å². The molecule has 120 valence electrons. The molecule has 0 saturated carbocycles. The molecular formula is C21H25NO. The lowest BCUT2D eigenvalue weighted by atomic mass is 9.87. The molecule has 0 bridgehead atoms. The third kappa shape index (κ3) is 3.31. The van der Waals surface area contributed by atoms with Crippen molar-refractivity contribution < 1.29 is 4.79 Å². The molecule has 0 unspecified atom stereocenters. The highest BCUT2D eigenvalue weighted by molar-refractivity contribution is 5.79. The molecule has 2 aromatic rings. The number of amides is 1. The SMILES string of the molecule is Cc1ccc(CC(=O)N(C)[C@H]2CCCc3ccccc32)cc1C. The fraction of sp³-hybridized carbons (Fsp3) is 0.381. The van der Waals surface area contributed by atoms with E-state index in [1.54, 1.807) is 0 Å². The smallest absolute Gasteiger partial charge is 0.227 e. The van der Waals surface area contributed by atoms with E-state index in [0.29, 0.717) is 6.42 Å². The molecule has 0 heterocycles. The number of aryl methyl sites for hydroxylation is 3. The number of rotatable bonds is 3. The van der Waals surface area contributed by atoms with Crippen LogP contribution in [0.15, 0.2) is 42.5 Å². The molecule has 0 aliphatic heterocycles. The van der Waals surface area contributed by atoms with E-state index in [9.17, 15) is 4.79 Å². The van der Waals surface area contributed by atoms with E-state index in [0.717, 1.165) is 24.8 Å². The first kappa shape index (κ1) is 15.8. The fourth-order valence-electron chi connectivity index (χ4n) is 3.52. The number of hydrogen-bond donors (Lipinski definition) is 0. The van der Waals surface area contributed by atoms with E-state index < -0.39 is 0 Å². The first-order valence-corrected chi connectivity index (χ1v) is 8.46. The molecule has 2 heteroatoms. The first-order valence-electron chi connectivity index (χ1n) is 8.46. The van der Waals surface area contributed by atoms with Crippen LogP contribution in [0.3, 0.4) is 0 Å². The van der Waals surface area contributed by atoms with Crippen LogP contribution in [0.1, 0.15) is 46.7 Å². The molecule has 1 aliphatic rings. The predicted octanol–water partition coefficient (Wildman–Crippen LogP) is 4.38. The van der Waals surface area contributed by atoms with Crippen molar-refractivity contribution in [2.24, 2.45) is 0 Å². The lowest BCUT2D eigenvalue weighted by Crippen LogP contribution is -2.34. The van der Waals surface area contributed by atoms with Gasteiger partial charge in [-0.25, -0.2) is 0 Å². The fourth-order valence-corrected chi connectivity index (χ4v) is 3.52. The lowest BCUT2D eigenvalue weighted by molar-refractivity contribution is -0.131. The summed E-state index contributed by atoms with van der Waals surface area (Å²) in [4.78, 5) is 14.7. The van der Waals surface area contributed by atoms with Crippen LogP contribution in [0.2, 0.25) is 0 Å². The molecule has 2 nitrogen and oxygen atoms in total. The first-order chi connectivity index (χ1) is 11.1. The number of carbonyl (C=O) groups excluding carboxylic acids is 1. The second kappa shape index (κ2) is 6.57. The van der Waals surface area contributed by atoms with Gasteiger partial charge >= 0.3 is 0 Å². The van der Waals surface area contributed by atoms with E-state index >= 15 is 0 Å². The molecular weight excluding hydrogens is 282 g/mol. The maximum Gasteiger partial charge on any atom is 0.227 e. The highest BCUT2D eigenvalue weighted by Crippen LogP contribution is 2.33. The molecule has 0 N–H and O–H groups in total. The number of nitrogens with zero attached hydrogens (tertiary/aromatic N) is 1. The average molecular weight is 307 g/mol. The van der Waals surface area contributed by atoms with Crippen LogP contribution in [-0.2, 0) is 17.6 Å². The molecule has 0 fully saturated rings. The Labute approximate surface area is 139 Å². The summed E-state index contributed by atoms with van der Waals surface area (Å²) >= 11 is 0. The zero-order chi connectivity index (χ0) is 16.4. The van der Waals surface area contributed by atoms with Crippen molar-refractivity contribution in [1.82, 2.24) is 4.90 Å². The Kier molecular flexibility index (Phi) is 4.51. The minimum Gasteiger partial charge on any atom is -0.338 e. The Morgan fingerprint density at radius 2 is 1.91 bits per heavy atom. The third-order valence-electron chi connectivity index (χ3n) is 5.13. The maximum atomic E-state index is 12.7. The Hall–Kier alpha value is -2.09. The summed E-state index contributed by atoms with van der Waals surface area (Å²) in [5, 5.41) is 0. The minimum atomic E-state index is 0.204. The summed E-state index contributed by atoms with van der Waals surface area (Å²) < 4.78 is 0. The van der Waals surface area contributed by atoms with Gasteiger partial charge in [0.2, 0.25) is 5.91 Å². The van der Waals surface area contributed by atoms with Crippen LogP contribution in [-0.4, -0.2) is 17.9 Å². The predicted molar refractivity (Wildman–Crippen MR) is 94.5 cm³/mol. The highest BCUT2D eigenvalue weighted by Gasteiger charge is 2.26. The summed E-state index contributed by atoms with van der Waals surface area (Å²) in [6.07, 6.45) is 3.83. The van der Waals surface area contributed by atoms with E-state index in [1.165, 1.54) is 22.3 Å². The van der Waals surface area contributed by atoms with Crippen molar-refractivity contribution in [3.05, 3.63) is 70.3 Å². The minimum absolute atomic E-state index is 0.204. The molecule has 0 aromatic heterocycles. The Balaban J connectivity index is 1.76. The molecule has 2 aromatic carbocycles. The molecule has 0 radical (unpaired) electrons. The van der Waals surface area contributed by atoms with Crippen LogP contribution < -0.4 is 0 Å². The monoisotopic (exact) mass is 307 g/mol. The van der Waals surface area contributed by atoms with Crippen LogP contribution in [0.4, 0.5) is 0 Å². The largest absolute Gasteiger partial charge is 0.338 e. The number of hydrogen-bond acceptors (Lipinski definition) is 1.